The summed E-state index contributed by atoms with van der Waals surface area (Å²) in [6, 6.07) is 8.49. The number of aromatic nitrogens is 3. The van der Waals surface area contributed by atoms with Gasteiger partial charge in [-0.1, -0.05) is 49.6 Å². The lowest BCUT2D eigenvalue weighted by Crippen LogP contribution is -2.36. The molecule has 0 saturated heterocycles. The van der Waals surface area contributed by atoms with Gasteiger partial charge in [-0.15, -0.1) is 0 Å². The summed E-state index contributed by atoms with van der Waals surface area (Å²) in [5.41, 5.74) is -1.79. The van der Waals surface area contributed by atoms with E-state index in [1.165, 1.54) is 0 Å². The van der Waals surface area contributed by atoms with E-state index in [0.717, 1.165) is 35.4 Å². The van der Waals surface area contributed by atoms with Crippen LogP contribution in [0.15, 0.2) is 35.1 Å². The Hall–Kier alpha value is -4.26. The van der Waals surface area contributed by atoms with Crippen LogP contribution in [0.3, 0.4) is 0 Å². The van der Waals surface area contributed by atoms with Gasteiger partial charge in [-0.25, -0.2) is 0 Å². The topological polar surface area (TPSA) is 184 Å². The van der Waals surface area contributed by atoms with Gasteiger partial charge in [-0.3, -0.25) is 29.1 Å². The number of pyridine rings is 1. The first-order chi connectivity index (χ1) is 17.3. The summed E-state index contributed by atoms with van der Waals surface area (Å²) in [6.45, 7) is -0.797. The molecule has 12 nitrogen and oxygen atoms in total. The first-order valence-electron chi connectivity index (χ1n) is 11.2. The molecule has 188 valence electrons. The van der Waals surface area contributed by atoms with Crippen molar-refractivity contribution in [2.24, 2.45) is 0 Å². The van der Waals surface area contributed by atoms with Crippen LogP contribution in [0.4, 0.5) is 5.13 Å². The van der Waals surface area contributed by atoms with Gasteiger partial charge in [-0.2, -0.15) is 9.36 Å². The third-order valence-electron chi connectivity index (χ3n) is 5.83. The van der Waals surface area contributed by atoms with Crippen LogP contribution >= 0.6 is 11.5 Å². The molecular weight excluding hydrogens is 490 g/mol. The molecule has 5 N–H and O–H groups in total. The lowest BCUT2D eigenvalue weighted by molar-refractivity contribution is -0.135. The number of benzene rings is 1. The predicted molar refractivity (Wildman–Crippen MR) is 129 cm³/mol. The van der Waals surface area contributed by atoms with Crippen molar-refractivity contribution >= 4 is 34.4 Å². The predicted octanol–water partition coefficient (Wildman–Crippen LogP) is 2.35. The standard InChI is InChI=1S/C23H23N5O7S/c29-14(30)11-24-19(32)15-17(31)16(22(35)28(21(15)34)13-9-5-2-6-10-13)20(33)26-23-25-18(27-36-23)12-7-3-1-4-8-12/h1,3-4,7-8,13,31,34H,2,5-6,9-11H2,(H,24,32)(H,29,30)(H,25,26,27,33). The highest BCUT2D eigenvalue weighted by Crippen LogP contribution is 2.35. The number of rotatable bonds is 7. The number of nitrogens with one attached hydrogen (secondary N) is 2. The maximum Gasteiger partial charge on any atom is 0.322 e. The number of carbonyl (C=O) groups excluding carboxylic acids is 2. The lowest BCUT2D eigenvalue weighted by atomic mass is 9.94. The average Bonchev–Trinajstić information content (AvgIpc) is 3.32. The Bertz CT molecular complexity index is 1360. The van der Waals surface area contributed by atoms with Crippen LogP contribution in [0, 0.1) is 0 Å². The molecule has 2 heterocycles. The van der Waals surface area contributed by atoms with Crippen LogP contribution < -0.4 is 16.2 Å². The highest BCUT2D eigenvalue weighted by Gasteiger charge is 2.33. The summed E-state index contributed by atoms with van der Waals surface area (Å²) in [6.07, 6.45) is 3.52. The summed E-state index contributed by atoms with van der Waals surface area (Å²) >= 11 is 0.859. The second kappa shape index (κ2) is 10.6. The van der Waals surface area contributed by atoms with Gasteiger partial charge < -0.3 is 20.6 Å². The zero-order valence-electron chi connectivity index (χ0n) is 18.9. The SMILES string of the molecule is O=C(O)CNC(=O)c1c(O)c(C(=O)Nc2nc(-c3ccccc3)ns2)c(=O)n(C2CCCCC2)c1O. The van der Waals surface area contributed by atoms with E-state index >= 15 is 0 Å². The van der Waals surface area contributed by atoms with Crippen LogP contribution in [0.5, 0.6) is 11.6 Å². The van der Waals surface area contributed by atoms with Gasteiger partial charge in [-0.05, 0) is 12.8 Å². The van der Waals surface area contributed by atoms with Crippen molar-refractivity contribution in [2.75, 3.05) is 11.9 Å². The smallest absolute Gasteiger partial charge is 0.322 e. The molecule has 0 bridgehead atoms. The van der Waals surface area contributed by atoms with Gasteiger partial charge in [0.2, 0.25) is 11.0 Å². The van der Waals surface area contributed by atoms with E-state index in [1.807, 2.05) is 11.4 Å². The van der Waals surface area contributed by atoms with Crippen LogP contribution in [0.25, 0.3) is 11.4 Å². The Balaban J connectivity index is 1.74. The first kappa shape index (κ1) is 24.9. The molecule has 0 spiro atoms. The second-order valence-electron chi connectivity index (χ2n) is 8.21. The number of anilines is 1. The van der Waals surface area contributed by atoms with E-state index in [1.54, 1.807) is 24.3 Å². The fraction of sp³-hybridized carbons (Fsp3) is 0.304. The molecule has 0 radical (unpaired) electrons. The second-order valence-corrected chi connectivity index (χ2v) is 8.96. The summed E-state index contributed by atoms with van der Waals surface area (Å²) in [4.78, 5) is 54.3. The minimum absolute atomic E-state index is 0.0480. The van der Waals surface area contributed by atoms with E-state index in [9.17, 15) is 29.4 Å². The molecule has 0 atom stereocenters. The Labute approximate surface area is 208 Å². The highest BCUT2D eigenvalue weighted by molar-refractivity contribution is 7.10. The van der Waals surface area contributed by atoms with Gasteiger partial charge in [0.25, 0.3) is 17.4 Å². The fourth-order valence-corrected chi connectivity index (χ4v) is 4.73. The summed E-state index contributed by atoms with van der Waals surface area (Å²) in [5.74, 6) is -5.09. The van der Waals surface area contributed by atoms with Gasteiger partial charge >= 0.3 is 5.97 Å². The third-order valence-corrected chi connectivity index (χ3v) is 6.46. The Morgan fingerprint density at radius 3 is 2.39 bits per heavy atom. The number of nitrogens with zero attached hydrogens (tertiary/aromatic N) is 3. The van der Waals surface area contributed by atoms with Crippen molar-refractivity contribution in [3.05, 3.63) is 51.8 Å². The number of carboxylic acids is 1. The van der Waals surface area contributed by atoms with Gasteiger partial charge in [0.05, 0.1) is 0 Å². The highest BCUT2D eigenvalue weighted by atomic mass is 32.1. The van der Waals surface area contributed by atoms with Gasteiger partial charge in [0.15, 0.2) is 11.6 Å². The summed E-state index contributed by atoms with van der Waals surface area (Å²) in [5, 5.41) is 35.0. The van der Waals surface area contributed by atoms with Crippen molar-refractivity contribution in [3.63, 3.8) is 0 Å². The van der Waals surface area contributed by atoms with Crippen LogP contribution in [0.2, 0.25) is 0 Å². The number of carboxylic acid groups (broad SMARTS) is 1. The quantitative estimate of drug-likeness (QED) is 0.316. The van der Waals surface area contributed by atoms with Crippen molar-refractivity contribution < 1.29 is 29.7 Å². The number of aliphatic carboxylic acids is 1. The molecule has 1 fully saturated rings. The zero-order valence-corrected chi connectivity index (χ0v) is 19.7. The maximum absolute atomic E-state index is 13.3. The molecule has 3 aromatic rings. The van der Waals surface area contributed by atoms with E-state index < -0.39 is 58.7 Å². The molecule has 0 aliphatic heterocycles. The minimum atomic E-state index is -1.36. The Morgan fingerprint density at radius 1 is 1.03 bits per heavy atom. The molecule has 2 amide bonds. The monoisotopic (exact) mass is 513 g/mol. The maximum atomic E-state index is 13.3. The molecule has 13 heteroatoms. The number of amides is 2. The molecule has 1 aromatic carbocycles. The van der Waals surface area contributed by atoms with Crippen LogP contribution in [-0.4, -0.2) is 53.6 Å². The molecule has 2 aromatic heterocycles. The third kappa shape index (κ3) is 5.05. The van der Waals surface area contributed by atoms with Gasteiger partial charge in [0, 0.05) is 23.1 Å². The normalized spacial score (nSPS) is 13.8. The molecular formula is C23H23N5O7S. The number of carbonyl (C=O) groups is 3. The fourth-order valence-electron chi connectivity index (χ4n) is 4.14. The average molecular weight is 514 g/mol. The molecule has 1 aliphatic carbocycles. The van der Waals surface area contributed by atoms with E-state index in [-0.39, 0.29) is 5.13 Å². The van der Waals surface area contributed by atoms with Crippen molar-refractivity contribution in [1.82, 2.24) is 19.2 Å². The van der Waals surface area contributed by atoms with E-state index in [0.29, 0.717) is 24.2 Å². The lowest BCUT2D eigenvalue weighted by Gasteiger charge is -2.26. The largest absolute Gasteiger partial charge is 0.506 e. The molecule has 0 unspecified atom stereocenters. The van der Waals surface area contributed by atoms with Crippen LogP contribution in [-0.2, 0) is 4.79 Å². The van der Waals surface area contributed by atoms with Crippen molar-refractivity contribution in [1.29, 1.82) is 0 Å². The van der Waals surface area contributed by atoms with Crippen molar-refractivity contribution in [2.45, 2.75) is 38.1 Å². The van der Waals surface area contributed by atoms with E-state index in [2.05, 4.69) is 14.7 Å². The van der Waals surface area contributed by atoms with Gasteiger partial charge in [0.1, 0.15) is 17.7 Å². The summed E-state index contributed by atoms with van der Waals surface area (Å²) < 4.78 is 5.11. The number of hydrogen-bond donors (Lipinski definition) is 5. The number of aromatic hydroxyl groups is 2. The van der Waals surface area contributed by atoms with Crippen molar-refractivity contribution in [3.8, 4) is 23.0 Å². The molecule has 1 saturated carbocycles. The number of hydrogen-bond acceptors (Lipinski definition) is 9. The Kier molecular flexibility index (Phi) is 7.29. The zero-order chi connectivity index (χ0) is 25.8. The minimum Gasteiger partial charge on any atom is -0.506 e. The first-order valence-corrected chi connectivity index (χ1v) is 12.0. The van der Waals surface area contributed by atoms with E-state index in [4.69, 9.17) is 5.11 Å². The Morgan fingerprint density at radius 2 is 1.72 bits per heavy atom. The van der Waals surface area contributed by atoms with Crippen LogP contribution in [0.1, 0.15) is 58.9 Å². The molecule has 4 rings (SSSR count). The molecule has 36 heavy (non-hydrogen) atoms. The summed E-state index contributed by atoms with van der Waals surface area (Å²) in [7, 11) is 0. The molecule has 1 aliphatic rings.